The van der Waals surface area contributed by atoms with Gasteiger partial charge in [0.15, 0.2) is 0 Å². The van der Waals surface area contributed by atoms with Crippen LogP contribution in [0.5, 0.6) is 0 Å². The van der Waals surface area contributed by atoms with E-state index in [1.165, 1.54) is 66.3 Å². The summed E-state index contributed by atoms with van der Waals surface area (Å²) in [6.07, 6.45) is 0. The molecule has 0 amide bonds. The van der Waals surface area contributed by atoms with Gasteiger partial charge in [0.1, 0.15) is 11.2 Å². The van der Waals surface area contributed by atoms with Crippen LogP contribution in [0, 0.1) is 0 Å². The summed E-state index contributed by atoms with van der Waals surface area (Å²) in [5.41, 5.74) is 12.9. The molecule has 0 N–H and O–H groups in total. The largest absolute Gasteiger partial charge is 0.455 e. The van der Waals surface area contributed by atoms with E-state index in [4.69, 9.17) is 4.42 Å². The normalized spacial score (nSPS) is 16.7. The summed E-state index contributed by atoms with van der Waals surface area (Å²) in [6, 6.07) is 44.4. The van der Waals surface area contributed by atoms with Crippen LogP contribution in [0.4, 0.5) is 0 Å². The van der Waals surface area contributed by atoms with Crippen molar-refractivity contribution in [2.24, 2.45) is 0 Å². The average Bonchev–Trinajstić information content (AvgIpc) is 3.63. The lowest BCUT2D eigenvalue weighted by Crippen LogP contribution is -2.33. The lowest BCUT2D eigenvalue weighted by atomic mass is 9.65. The van der Waals surface area contributed by atoms with Crippen molar-refractivity contribution in [2.45, 2.75) is 5.41 Å². The molecule has 186 valence electrons. The summed E-state index contributed by atoms with van der Waals surface area (Å²) >= 11 is 3.84. The third-order valence-corrected chi connectivity index (χ3v) is 9.73. The molecule has 3 heteroatoms. The molecule has 10 rings (SSSR count). The fraction of sp³-hybridized carbons (Fsp3) is 0.0270. The van der Waals surface area contributed by atoms with E-state index in [-0.39, 0.29) is 0 Å². The molecule has 2 aromatic heterocycles. The zero-order chi connectivity index (χ0) is 26.2. The standard InChI is InChI=1S/C37H20BrNO/c38-21-17-18-23-22-9-1-4-12-27(22)37(29(23)19-21)28-13-5-7-15-32(28)39-31-14-6-2-11-25(31)34-35(39)30(37)20-26-24-10-3-8-16-33(24)40-36(26)34/h1-20H. The molecule has 3 heterocycles. The molecule has 2 aliphatic rings. The Morgan fingerprint density at radius 3 is 2.23 bits per heavy atom. The van der Waals surface area contributed by atoms with Crippen molar-refractivity contribution < 1.29 is 4.42 Å². The van der Waals surface area contributed by atoms with Crippen LogP contribution in [0.1, 0.15) is 22.3 Å². The number of benzene rings is 6. The smallest absolute Gasteiger partial charge is 0.145 e. The van der Waals surface area contributed by atoms with Gasteiger partial charge in [-0.1, -0.05) is 101 Å². The number of rotatable bonds is 0. The summed E-state index contributed by atoms with van der Waals surface area (Å²) in [5, 5.41) is 4.73. The van der Waals surface area contributed by atoms with Crippen LogP contribution in [0.15, 0.2) is 130 Å². The third-order valence-electron chi connectivity index (χ3n) is 9.24. The monoisotopic (exact) mass is 573 g/mol. The van der Waals surface area contributed by atoms with Crippen molar-refractivity contribution in [3.63, 3.8) is 0 Å². The van der Waals surface area contributed by atoms with Gasteiger partial charge in [0, 0.05) is 20.6 Å². The predicted molar refractivity (Wildman–Crippen MR) is 167 cm³/mol. The molecule has 1 spiro atoms. The number of aromatic nitrogens is 1. The first kappa shape index (κ1) is 21.2. The number of nitrogens with zero attached hydrogens (tertiary/aromatic N) is 1. The fourth-order valence-corrected chi connectivity index (χ4v) is 8.19. The lowest BCUT2D eigenvalue weighted by molar-refractivity contribution is 0.672. The molecule has 40 heavy (non-hydrogen) atoms. The van der Waals surface area contributed by atoms with Gasteiger partial charge in [-0.2, -0.15) is 0 Å². The summed E-state index contributed by atoms with van der Waals surface area (Å²) in [4.78, 5) is 0. The Morgan fingerprint density at radius 2 is 1.30 bits per heavy atom. The molecule has 0 fully saturated rings. The van der Waals surface area contributed by atoms with Gasteiger partial charge < -0.3 is 8.98 Å². The SMILES string of the molecule is Brc1ccc2c(c1)C1(c3ccccc3-2)c2ccccc2-n2c3ccccc3c3c4oc5ccccc5c4cc1c32. The summed E-state index contributed by atoms with van der Waals surface area (Å²) < 4.78 is 10.3. The summed E-state index contributed by atoms with van der Waals surface area (Å²) in [6.45, 7) is 0. The van der Waals surface area contributed by atoms with Crippen LogP contribution in [0.3, 0.4) is 0 Å². The molecule has 6 aromatic carbocycles. The van der Waals surface area contributed by atoms with Crippen LogP contribution < -0.4 is 0 Å². The zero-order valence-electron chi connectivity index (χ0n) is 21.3. The highest BCUT2D eigenvalue weighted by Crippen LogP contribution is 2.62. The highest BCUT2D eigenvalue weighted by atomic mass is 79.9. The van der Waals surface area contributed by atoms with Crippen LogP contribution in [0.25, 0.3) is 60.6 Å². The first-order chi connectivity index (χ1) is 19.8. The number of fused-ring (bicyclic) bond motifs is 16. The topological polar surface area (TPSA) is 18.1 Å². The minimum atomic E-state index is -0.471. The summed E-state index contributed by atoms with van der Waals surface area (Å²) in [5.74, 6) is 0. The molecule has 0 bridgehead atoms. The maximum Gasteiger partial charge on any atom is 0.145 e. The zero-order valence-corrected chi connectivity index (χ0v) is 22.9. The minimum absolute atomic E-state index is 0.471. The van der Waals surface area contributed by atoms with Gasteiger partial charge in [-0.3, -0.25) is 0 Å². The lowest BCUT2D eigenvalue weighted by Gasteiger charge is -2.39. The highest BCUT2D eigenvalue weighted by molar-refractivity contribution is 9.10. The van der Waals surface area contributed by atoms with E-state index in [2.05, 4.69) is 142 Å². The van der Waals surface area contributed by atoms with Gasteiger partial charge in [0.2, 0.25) is 0 Å². The maximum atomic E-state index is 6.69. The van der Waals surface area contributed by atoms with E-state index < -0.39 is 5.41 Å². The Hall–Kier alpha value is -4.60. The number of hydrogen-bond acceptors (Lipinski definition) is 1. The van der Waals surface area contributed by atoms with Gasteiger partial charge in [-0.15, -0.1) is 0 Å². The van der Waals surface area contributed by atoms with Crippen LogP contribution in [-0.4, -0.2) is 4.57 Å². The highest BCUT2D eigenvalue weighted by Gasteiger charge is 2.51. The third kappa shape index (κ3) is 2.27. The second-order valence-electron chi connectivity index (χ2n) is 11.0. The van der Waals surface area contributed by atoms with Gasteiger partial charge in [0.05, 0.1) is 27.5 Å². The molecule has 1 atom stereocenters. The van der Waals surface area contributed by atoms with Crippen molar-refractivity contribution in [3.8, 4) is 16.8 Å². The number of furan rings is 1. The molecule has 0 saturated heterocycles. The van der Waals surface area contributed by atoms with Crippen molar-refractivity contribution in [3.05, 3.63) is 148 Å². The Bertz CT molecular complexity index is 2410. The first-order valence-corrected chi connectivity index (χ1v) is 14.4. The van der Waals surface area contributed by atoms with Gasteiger partial charge in [0.25, 0.3) is 0 Å². The Balaban J connectivity index is 1.56. The second kappa shape index (κ2) is 7.12. The van der Waals surface area contributed by atoms with E-state index in [0.717, 1.165) is 21.0 Å². The molecule has 1 unspecified atom stereocenters. The number of para-hydroxylation sites is 3. The molecule has 1 aliphatic heterocycles. The summed E-state index contributed by atoms with van der Waals surface area (Å²) in [7, 11) is 0. The predicted octanol–water partition coefficient (Wildman–Crippen LogP) is 10.1. The van der Waals surface area contributed by atoms with E-state index >= 15 is 0 Å². The maximum absolute atomic E-state index is 6.69. The molecule has 1 aliphatic carbocycles. The molecule has 8 aromatic rings. The number of halogens is 1. The van der Waals surface area contributed by atoms with Crippen molar-refractivity contribution in [2.75, 3.05) is 0 Å². The van der Waals surface area contributed by atoms with Crippen LogP contribution in [0.2, 0.25) is 0 Å². The van der Waals surface area contributed by atoms with E-state index in [9.17, 15) is 0 Å². The van der Waals surface area contributed by atoms with Crippen molar-refractivity contribution >= 4 is 59.7 Å². The van der Waals surface area contributed by atoms with Gasteiger partial charge in [-0.05, 0) is 69.8 Å². The van der Waals surface area contributed by atoms with Crippen LogP contribution in [-0.2, 0) is 5.41 Å². The Kier molecular flexibility index (Phi) is 3.78. The molecular weight excluding hydrogens is 554 g/mol. The van der Waals surface area contributed by atoms with Crippen molar-refractivity contribution in [1.29, 1.82) is 0 Å². The first-order valence-electron chi connectivity index (χ1n) is 13.6. The van der Waals surface area contributed by atoms with E-state index in [1.807, 2.05) is 0 Å². The van der Waals surface area contributed by atoms with Gasteiger partial charge >= 0.3 is 0 Å². The quantitative estimate of drug-likeness (QED) is 0.176. The fourth-order valence-electron chi connectivity index (χ4n) is 7.83. The van der Waals surface area contributed by atoms with Crippen molar-refractivity contribution in [1.82, 2.24) is 4.57 Å². The molecule has 0 saturated carbocycles. The molecular formula is C37H20BrNO. The van der Waals surface area contributed by atoms with E-state index in [0.29, 0.717) is 0 Å². The van der Waals surface area contributed by atoms with Crippen LogP contribution >= 0.6 is 15.9 Å². The molecule has 2 nitrogen and oxygen atoms in total. The average molecular weight is 574 g/mol. The number of hydrogen-bond donors (Lipinski definition) is 0. The van der Waals surface area contributed by atoms with Gasteiger partial charge in [-0.25, -0.2) is 0 Å². The Morgan fingerprint density at radius 1 is 0.575 bits per heavy atom. The molecule has 0 radical (unpaired) electrons. The van der Waals surface area contributed by atoms with E-state index in [1.54, 1.807) is 0 Å². The minimum Gasteiger partial charge on any atom is -0.455 e. The Labute approximate surface area is 238 Å². The second-order valence-corrected chi connectivity index (χ2v) is 11.9.